The number of carbonyl (C=O) groups is 3. The van der Waals surface area contributed by atoms with E-state index in [0.29, 0.717) is 19.3 Å². The lowest BCUT2D eigenvalue weighted by atomic mass is 10.1. The van der Waals surface area contributed by atoms with E-state index in [0.717, 1.165) is 11.0 Å². The highest BCUT2D eigenvalue weighted by Gasteiger charge is 2.33. The summed E-state index contributed by atoms with van der Waals surface area (Å²) in [4.78, 5) is 34.6. The lowest BCUT2D eigenvalue weighted by Crippen LogP contribution is -2.48. The number of hydrogen-bond acceptors (Lipinski definition) is 4. The van der Waals surface area contributed by atoms with Gasteiger partial charge >= 0.3 is 5.97 Å². The monoisotopic (exact) mass is 211 g/mol. The Balaban J connectivity index is 2.81. The Bertz CT molecular complexity index is 311. The van der Waals surface area contributed by atoms with E-state index in [9.17, 15) is 14.4 Å². The first-order valence-electron chi connectivity index (χ1n) is 4.72. The second kappa shape index (κ2) is 4.72. The predicted molar refractivity (Wildman–Crippen MR) is 51.5 cm³/mol. The molecule has 0 radical (unpaired) electrons. The van der Waals surface area contributed by atoms with Gasteiger partial charge in [-0.05, 0) is 12.5 Å². The van der Waals surface area contributed by atoms with Crippen molar-refractivity contribution in [3.63, 3.8) is 0 Å². The van der Waals surface area contributed by atoms with Crippen molar-refractivity contribution in [3.8, 4) is 0 Å². The van der Waals surface area contributed by atoms with Crippen molar-refractivity contribution in [2.75, 3.05) is 0 Å². The van der Waals surface area contributed by atoms with Gasteiger partial charge in [-0.1, -0.05) is 6.58 Å². The molecule has 0 aromatic rings. The van der Waals surface area contributed by atoms with E-state index in [1.807, 2.05) is 0 Å². The molecule has 0 N–H and O–H groups in total. The quantitative estimate of drug-likeness (QED) is 0.495. The summed E-state index contributed by atoms with van der Waals surface area (Å²) >= 11 is 0. The molecule has 1 saturated heterocycles. The van der Waals surface area contributed by atoms with Gasteiger partial charge in [0.05, 0.1) is 0 Å². The zero-order chi connectivity index (χ0) is 11.4. The number of carbonyl (C=O) groups excluding carboxylic acids is 3. The van der Waals surface area contributed by atoms with Crippen molar-refractivity contribution in [1.29, 1.82) is 0 Å². The molecule has 1 heterocycles. The molecule has 1 atom stereocenters. The maximum atomic E-state index is 11.5. The Morgan fingerprint density at radius 3 is 2.80 bits per heavy atom. The van der Waals surface area contributed by atoms with Gasteiger partial charge in [-0.3, -0.25) is 14.4 Å². The number of piperidine rings is 1. The minimum absolute atomic E-state index is 0.303. The summed E-state index contributed by atoms with van der Waals surface area (Å²) in [7, 11) is 0. The van der Waals surface area contributed by atoms with Crippen LogP contribution in [-0.4, -0.2) is 28.9 Å². The highest BCUT2D eigenvalue weighted by molar-refractivity contribution is 6.01. The van der Waals surface area contributed by atoms with Crippen LogP contribution in [0.4, 0.5) is 0 Å². The Kier molecular flexibility index (Phi) is 3.60. The first-order chi connectivity index (χ1) is 7.06. The molecule has 0 aliphatic carbocycles. The Morgan fingerprint density at radius 1 is 1.60 bits per heavy atom. The van der Waals surface area contributed by atoms with Crippen molar-refractivity contribution in [3.05, 3.63) is 12.7 Å². The molecule has 15 heavy (non-hydrogen) atoms. The second-order valence-electron chi connectivity index (χ2n) is 3.26. The van der Waals surface area contributed by atoms with E-state index in [2.05, 4.69) is 6.58 Å². The second-order valence-corrected chi connectivity index (χ2v) is 3.26. The van der Waals surface area contributed by atoms with E-state index in [4.69, 9.17) is 4.74 Å². The van der Waals surface area contributed by atoms with Gasteiger partial charge in [0, 0.05) is 19.8 Å². The predicted octanol–water partition coefficient (Wildman–Crippen LogP) is 0.601. The number of ether oxygens (including phenoxy) is 1. The number of esters is 1. The molecule has 1 unspecified atom stereocenters. The van der Waals surface area contributed by atoms with Gasteiger partial charge < -0.3 is 4.74 Å². The maximum Gasteiger partial charge on any atom is 0.304 e. The minimum Gasteiger partial charge on any atom is -0.441 e. The van der Waals surface area contributed by atoms with E-state index < -0.39 is 18.1 Å². The molecule has 5 heteroatoms. The van der Waals surface area contributed by atoms with Gasteiger partial charge in [-0.25, -0.2) is 4.90 Å². The number of hydrogen-bond donors (Lipinski definition) is 0. The van der Waals surface area contributed by atoms with Crippen LogP contribution in [0.25, 0.3) is 0 Å². The number of likely N-dealkylation sites (tertiary alicyclic amines) is 1. The molecule has 0 aromatic heterocycles. The molecule has 1 aliphatic heterocycles. The molecule has 1 aliphatic rings. The van der Waals surface area contributed by atoms with Crippen LogP contribution in [0.15, 0.2) is 12.7 Å². The summed E-state index contributed by atoms with van der Waals surface area (Å²) < 4.78 is 4.89. The van der Waals surface area contributed by atoms with Crippen molar-refractivity contribution < 1.29 is 19.1 Å². The largest absolute Gasteiger partial charge is 0.441 e. The van der Waals surface area contributed by atoms with Crippen LogP contribution in [0.1, 0.15) is 26.2 Å². The van der Waals surface area contributed by atoms with Crippen LogP contribution in [0, 0.1) is 0 Å². The van der Waals surface area contributed by atoms with E-state index in [1.165, 1.54) is 6.92 Å². The average Bonchev–Trinajstić information content (AvgIpc) is 2.16. The topological polar surface area (TPSA) is 63.7 Å². The van der Waals surface area contributed by atoms with E-state index in [1.54, 1.807) is 0 Å². The first kappa shape index (κ1) is 11.4. The minimum atomic E-state index is -0.769. The molecule has 1 rings (SSSR count). The number of nitrogens with zero attached hydrogens (tertiary/aromatic N) is 1. The Morgan fingerprint density at radius 2 is 2.27 bits per heavy atom. The number of imide groups is 1. The zero-order valence-corrected chi connectivity index (χ0v) is 8.56. The van der Waals surface area contributed by atoms with Crippen LogP contribution in [-0.2, 0) is 19.1 Å². The lowest BCUT2D eigenvalue weighted by molar-refractivity contribution is -0.171. The summed E-state index contributed by atoms with van der Waals surface area (Å²) in [6.45, 7) is 4.55. The Hall–Kier alpha value is -1.65. The third-order valence-corrected chi connectivity index (χ3v) is 2.11. The normalized spacial score (nSPS) is 21.0. The molecular weight excluding hydrogens is 198 g/mol. The fourth-order valence-electron chi connectivity index (χ4n) is 1.50. The summed E-state index contributed by atoms with van der Waals surface area (Å²) in [5, 5.41) is 0. The molecular formula is C10H13NO4. The van der Waals surface area contributed by atoms with Crippen molar-refractivity contribution in [1.82, 2.24) is 4.90 Å². The van der Waals surface area contributed by atoms with Gasteiger partial charge in [-0.15, -0.1) is 0 Å². The maximum absolute atomic E-state index is 11.5. The highest BCUT2D eigenvalue weighted by Crippen LogP contribution is 2.19. The summed E-state index contributed by atoms with van der Waals surface area (Å²) in [6.07, 6.45) is 1.69. The van der Waals surface area contributed by atoms with E-state index in [-0.39, 0.29) is 5.91 Å². The fourth-order valence-corrected chi connectivity index (χ4v) is 1.50. The van der Waals surface area contributed by atoms with Crippen LogP contribution in [0.3, 0.4) is 0 Å². The molecule has 0 bridgehead atoms. The zero-order valence-electron chi connectivity index (χ0n) is 8.56. The average molecular weight is 211 g/mol. The molecule has 0 spiro atoms. The highest BCUT2D eigenvalue weighted by atomic mass is 16.6. The van der Waals surface area contributed by atoms with Crippen LogP contribution in [0.2, 0.25) is 0 Å². The SMILES string of the molecule is C=CC(=O)N1C(=O)CCCC1OC(C)=O. The Labute approximate surface area is 87.7 Å². The van der Waals surface area contributed by atoms with Gasteiger partial charge in [0.2, 0.25) is 5.91 Å². The van der Waals surface area contributed by atoms with E-state index >= 15 is 0 Å². The number of amides is 2. The van der Waals surface area contributed by atoms with Crippen molar-refractivity contribution >= 4 is 17.8 Å². The summed E-state index contributed by atoms with van der Waals surface area (Å²) in [5.41, 5.74) is 0. The molecule has 2 amide bonds. The van der Waals surface area contributed by atoms with Crippen molar-refractivity contribution in [2.45, 2.75) is 32.4 Å². The molecule has 0 aromatic carbocycles. The molecule has 82 valence electrons. The first-order valence-corrected chi connectivity index (χ1v) is 4.72. The van der Waals surface area contributed by atoms with Crippen LogP contribution >= 0.6 is 0 Å². The van der Waals surface area contributed by atoms with Gasteiger partial charge in [-0.2, -0.15) is 0 Å². The molecule has 5 nitrogen and oxygen atoms in total. The van der Waals surface area contributed by atoms with Crippen LogP contribution < -0.4 is 0 Å². The smallest absolute Gasteiger partial charge is 0.304 e. The molecule has 1 fully saturated rings. The summed E-state index contributed by atoms with van der Waals surface area (Å²) in [6, 6.07) is 0. The third-order valence-electron chi connectivity index (χ3n) is 2.11. The lowest BCUT2D eigenvalue weighted by Gasteiger charge is -2.32. The van der Waals surface area contributed by atoms with Gasteiger partial charge in [0.25, 0.3) is 5.91 Å². The number of rotatable bonds is 2. The van der Waals surface area contributed by atoms with Gasteiger partial charge in [0.1, 0.15) is 0 Å². The standard InChI is InChI=1S/C10H13NO4/c1-3-8(13)11-9(14)5-4-6-10(11)15-7(2)12/h3,10H,1,4-6H2,2H3. The van der Waals surface area contributed by atoms with Crippen LogP contribution in [0.5, 0.6) is 0 Å². The molecule has 0 saturated carbocycles. The fraction of sp³-hybridized carbons (Fsp3) is 0.500. The van der Waals surface area contributed by atoms with Gasteiger partial charge in [0.15, 0.2) is 6.23 Å². The van der Waals surface area contributed by atoms with Crippen molar-refractivity contribution in [2.24, 2.45) is 0 Å². The summed E-state index contributed by atoms with van der Waals surface area (Å²) in [5.74, 6) is -1.35. The third kappa shape index (κ3) is 2.65.